The number of nitrogens with one attached hydrogen (secondary N) is 1. The van der Waals surface area contributed by atoms with E-state index < -0.39 is 0 Å². The van der Waals surface area contributed by atoms with Crippen LogP contribution in [0.2, 0.25) is 0 Å². The molecule has 1 aromatic carbocycles. The van der Waals surface area contributed by atoms with Crippen LogP contribution in [0.1, 0.15) is 57.1 Å². The molecule has 0 saturated carbocycles. The van der Waals surface area contributed by atoms with E-state index in [2.05, 4.69) is 49.8 Å². The number of nitrogens with zero attached hydrogens (tertiary/aromatic N) is 1. The first kappa shape index (κ1) is 17.2. The zero-order valence-corrected chi connectivity index (χ0v) is 15.3. The molecule has 1 aromatic heterocycles. The van der Waals surface area contributed by atoms with E-state index in [1.807, 2.05) is 12.3 Å². The molecule has 0 amide bonds. The summed E-state index contributed by atoms with van der Waals surface area (Å²) in [5.41, 5.74) is 3.87. The molecule has 3 heteroatoms. The minimum atomic E-state index is -0.0979. The van der Waals surface area contributed by atoms with E-state index in [1.165, 1.54) is 5.56 Å². The first-order chi connectivity index (χ1) is 11.6. The quantitative estimate of drug-likeness (QED) is 0.760. The molecule has 2 heterocycles. The highest BCUT2D eigenvalue weighted by Crippen LogP contribution is 2.38. The highest BCUT2D eigenvalue weighted by Gasteiger charge is 2.24. The van der Waals surface area contributed by atoms with Crippen LogP contribution in [-0.2, 0) is 0 Å². The summed E-state index contributed by atoms with van der Waals surface area (Å²) in [5, 5.41) is 1.05. The second-order valence-electron chi connectivity index (χ2n) is 7.25. The average Bonchev–Trinajstić information content (AvgIpc) is 3.07. The van der Waals surface area contributed by atoms with Crippen molar-refractivity contribution >= 4 is 16.5 Å². The second-order valence-corrected chi connectivity index (χ2v) is 7.25. The van der Waals surface area contributed by atoms with Crippen molar-refractivity contribution in [3.05, 3.63) is 41.3 Å². The molecule has 1 aliphatic rings. The van der Waals surface area contributed by atoms with Gasteiger partial charge in [-0.1, -0.05) is 33.3 Å². The van der Waals surface area contributed by atoms with Gasteiger partial charge in [0, 0.05) is 30.2 Å². The molecule has 3 rings (SSSR count). The molecule has 130 valence electrons. The van der Waals surface area contributed by atoms with Crippen molar-refractivity contribution in [2.24, 2.45) is 5.92 Å². The number of rotatable bonds is 5. The van der Waals surface area contributed by atoms with Crippen LogP contribution in [0, 0.1) is 11.7 Å². The molecule has 2 aromatic rings. The normalized spacial score (nSPS) is 18.6. The van der Waals surface area contributed by atoms with Crippen molar-refractivity contribution in [3.8, 4) is 0 Å². The Balaban J connectivity index is 2.17. The Bertz CT molecular complexity index is 744. The summed E-state index contributed by atoms with van der Waals surface area (Å²) in [6.45, 7) is 8.66. The van der Waals surface area contributed by atoms with Gasteiger partial charge in [-0.15, -0.1) is 0 Å². The molecular formula is C21H29FN2. The van der Waals surface area contributed by atoms with Gasteiger partial charge in [-0.3, -0.25) is 0 Å². The zero-order chi connectivity index (χ0) is 17.3. The molecule has 1 aliphatic heterocycles. The molecule has 0 spiro atoms. The number of aromatic amines is 1. The summed E-state index contributed by atoms with van der Waals surface area (Å²) in [6, 6.07) is 4.17. The van der Waals surface area contributed by atoms with Crippen LogP contribution in [0.25, 0.3) is 16.5 Å². The topological polar surface area (TPSA) is 19.0 Å². The van der Waals surface area contributed by atoms with Crippen LogP contribution in [0.15, 0.2) is 24.4 Å². The van der Waals surface area contributed by atoms with Crippen molar-refractivity contribution in [1.82, 2.24) is 9.88 Å². The largest absolute Gasteiger partial charge is 0.359 e. The molecule has 1 N–H and O–H groups in total. The molecule has 2 atom stereocenters. The van der Waals surface area contributed by atoms with E-state index >= 15 is 4.39 Å². The van der Waals surface area contributed by atoms with Gasteiger partial charge in [0.25, 0.3) is 0 Å². The monoisotopic (exact) mass is 328 g/mol. The smallest absolute Gasteiger partial charge is 0.154 e. The van der Waals surface area contributed by atoms with Gasteiger partial charge in [-0.25, -0.2) is 4.39 Å². The van der Waals surface area contributed by atoms with Gasteiger partial charge in [0.15, 0.2) is 5.82 Å². The van der Waals surface area contributed by atoms with Gasteiger partial charge >= 0.3 is 0 Å². The first-order valence-corrected chi connectivity index (χ1v) is 9.24. The summed E-state index contributed by atoms with van der Waals surface area (Å²) in [4.78, 5) is 5.40. The number of benzene rings is 1. The SMILES string of the molecule is CCC(C)C(CC)c1cc(C2=CCCN(C)C2)c(F)c2[nH]ccc12. The van der Waals surface area contributed by atoms with E-state index in [-0.39, 0.29) is 5.82 Å². The minimum absolute atomic E-state index is 0.0979. The summed E-state index contributed by atoms with van der Waals surface area (Å²) in [7, 11) is 2.10. The molecule has 0 saturated heterocycles. The van der Waals surface area contributed by atoms with Crippen molar-refractivity contribution < 1.29 is 4.39 Å². The molecule has 0 bridgehead atoms. The third-order valence-electron chi connectivity index (χ3n) is 5.67. The van der Waals surface area contributed by atoms with E-state index in [0.717, 1.165) is 48.9 Å². The fourth-order valence-corrected chi connectivity index (χ4v) is 4.07. The van der Waals surface area contributed by atoms with Crippen LogP contribution in [0.3, 0.4) is 0 Å². The molecule has 24 heavy (non-hydrogen) atoms. The number of halogens is 1. The second kappa shape index (κ2) is 7.10. The van der Waals surface area contributed by atoms with Crippen LogP contribution >= 0.6 is 0 Å². The van der Waals surface area contributed by atoms with Crippen molar-refractivity contribution in [2.45, 2.75) is 46.0 Å². The Morgan fingerprint density at radius 1 is 1.29 bits per heavy atom. The van der Waals surface area contributed by atoms with E-state index in [1.54, 1.807) is 0 Å². The average molecular weight is 328 g/mol. The molecular weight excluding hydrogens is 299 g/mol. The highest BCUT2D eigenvalue weighted by molar-refractivity contribution is 5.88. The zero-order valence-electron chi connectivity index (χ0n) is 15.3. The van der Waals surface area contributed by atoms with Crippen molar-refractivity contribution in [2.75, 3.05) is 20.1 Å². The van der Waals surface area contributed by atoms with Gasteiger partial charge in [0.1, 0.15) is 0 Å². The van der Waals surface area contributed by atoms with Crippen LogP contribution < -0.4 is 0 Å². The maximum absolute atomic E-state index is 15.2. The van der Waals surface area contributed by atoms with Crippen molar-refractivity contribution in [3.63, 3.8) is 0 Å². The fourth-order valence-electron chi connectivity index (χ4n) is 4.07. The Morgan fingerprint density at radius 3 is 2.75 bits per heavy atom. The van der Waals surface area contributed by atoms with Gasteiger partial charge < -0.3 is 9.88 Å². The van der Waals surface area contributed by atoms with Gasteiger partial charge in [0.05, 0.1) is 5.52 Å². The van der Waals surface area contributed by atoms with Gasteiger partial charge in [-0.05, 0) is 55.0 Å². The lowest BCUT2D eigenvalue weighted by Gasteiger charge is -2.26. The lowest BCUT2D eigenvalue weighted by Crippen LogP contribution is -2.25. The summed E-state index contributed by atoms with van der Waals surface area (Å²) >= 11 is 0. The third kappa shape index (κ3) is 3.02. The number of aromatic nitrogens is 1. The number of hydrogen-bond acceptors (Lipinski definition) is 1. The Labute approximate surface area is 144 Å². The summed E-state index contributed by atoms with van der Waals surface area (Å²) in [6.07, 6.45) is 7.29. The van der Waals surface area contributed by atoms with Crippen LogP contribution in [-0.4, -0.2) is 30.0 Å². The molecule has 0 fully saturated rings. The van der Waals surface area contributed by atoms with Crippen LogP contribution in [0.5, 0.6) is 0 Å². The maximum atomic E-state index is 15.2. The Hall–Kier alpha value is -1.61. The lowest BCUT2D eigenvalue weighted by atomic mass is 9.81. The maximum Gasteiger partial charge on any atom is 0.154 e. The summed E-state index contributed by atoms with van der Waals surface area (Å²) < 4.78 is 15.2. The summed E-state index contributed by atoms with van der Waals surface area (Å²) in [5.74, 6) is 0.961. The highest BCUT2D eigenvalue weighted by atomic mass is 19.1. The first-order valence-electron chi connectivity index (χ1n) is 9.24. The van der Waals surface area contributed by atoms with Crippen molar-refractivity contribution in [1.29, 1.82) is 0 Å². The van der Waals surface area contributed by atoms with Crippen LogP contribution in [0.4, 0.5) is 4.39 Å². The predicted molar refractivity (Wildman–Crippen MR) is 101 cm³/mol. The molecule has 2 unspecified atom stereocenters. The molecule has 2 nitrogen and oxygen atoms in total. The Morgan fingerprint density at radius 2 is 2.08 bits per heavy atom. The number of hydrogen-bond donors (Lipinski definition) is 1. The lowest BCUT2D eigenvalue weighted by molar-refractivity contribution is 0.372. The number of fused-ring (bicyclic) bond motifs is 1. The minimum Gasteiger partial charge on any atom is -0.359 e. The van der Waals surface area contributed by atoms with E-state index in [0.29, 0.717) is 17.4 Å². The van der Waals surface area contributed by atoms with E-state index in [9.17, 15) is 0 Å². The van der Waals surface area contributed by atoms with E-state index in [4.69, 9.17) is 0 Å². The van der Waals surface area contributed by atoms with Gasteiger partial charge in [0.2, 0.25) is 0 Å². The number of likely N-dealkylation sites (N-methyl/N-ethyl adjacent to an activating group) is 1. The van der Waals surface area contributed by atoms with Gasteiger partial charge in [-0.2, -0.15) is 0 Å². The molecule has 0 radical (unpaired) electrons. The third-order valence-corrected chi connectivity index (χ3v) is 5.67. The fraction of sp³-hybridized carbons (Fsp3) is 0.524. The standard InChI is InChI=1S/C21H29FN2/c1-5-14(3)16(6-2)19-12-18(15-8-7-11-24(4)13-15)20(22)21-17(19)9-10-23-21/h8-10,12,14,16,23H,5-7,11,13H2,1-4H3. The molecule has 0 aliphatic carbocycles. The predicted octanol–water partition coefficient (Wildman–Crippen LogP) is 5.57. The Kier molecular flexibility index (Phi) is 5.09. The number of H-pyrrole nitrogens is 1.